The largest absolute Gasteiger partial charge is 0.376 e. The van der Waals surface area contributed by atoms with Crippen LogP contribution in [-0.2, 0) is 16.1 Å². The van der Waals surface area contributed by atoms with Gasteiger partial charge >= 0.3 is 0 Å². The number of piperidine rings is 1. The van der Waals surface area contributed by atoms with Gasteiger partial charge in [0.25, 0.3) is 0 Å². The highest BCUT2D eigenvalue weighted by Gasteiger charge is 2.29. The van der Waals surface area contributed by atoms with E-state index < -0.39 is 0 Å². The van der Waals surface area contributed by atoms with Gasteiger partial charge in [0.1, 0.15) is 0 Å². The SMILES string of the molecule is CC(CC(=O)N1CCC(COCc2ccccc2)C1)C1CCCNC1.Cl. The fourth-order valence-electron chi connectivity index (χ4n) is 4.05. The van der Waals surface area contributed by atoms with Crippen molar-refractivity contribution < 1.29 is 9.53 Å². The topological polar surface area (TPSA) is 41.6 Å². The number of amides is 1. The van der Waals surface area contributed by atoms with Crippen LogP contribution in [0.1, 0.15) is 38.2 Å². The monoisotopic (exact) mass is 380 g/mol. The van der Waals surface area contributed by atoms with Crippen molar-refractivity contribution in [3.8, 4) is 0 Å². The number of nitrogens with zero attached hydrogens (tertiary/aromatic N) is 1. The Labute approximate surface area is 164 Å². The Morgan fingerprint density at radius 2 is 2.12 bits per heavy atom. The molecule has 4 nitrogen and oxygen atoms in total. The summed E-state index contributed by atoms with van der Waals surface area (Å²) in [5, 5.41) is 3.46. The van der Waals surface area contributed by atoms with E-state index in [4.69, 9.17) is 4.74 Å². The minimum atomic E-state index is 0. The smallest absolute Gasteiger partial charge is 0.222 e. The summed E-state index contributed by atoms with van der Waals surface area (Å²) in [5.74, 6) is 1.96. The summed E-state index contributed by atoms with van der Waals surface area (Å²) in [6.07, 6.45) is 4.27. The van der Waals surface area contributed by atoms with Gasteiger partial charge in [-0.3, -0.25) is 4.79 Å². The van der Waals surface area contributed by atoms with Crippen LogP contribution in [0.15, 0.2) is 30.3 Å². The molecule has 5 heteroatoms. The zero-order valence-electron chi connectivity index (χ0n) is 15.9. The van der Waals surface area contributed by atoms with Crippen LogP contribution >= 0.6 is 12.4 Å². The molecule has 1 N–H and O–H groups in total. The van der Waals surface area contributed by atoms with Crippen LogP contribution in [0, 0.1) is 17.8 Å². The number of benzene rings is 1. The van der Waals surface area contributed by atoms with Crippen LogP contribution in [0.4, 0.5) is 0 Å². The second-order valence-electron chi connectivity index (χ2n) is 7.78. The number of likely N-dealkylation sites (tertiary alicyclic amines) is 1. The molecular formula is C21H33ClN2O2. The minimum Gasteiger partial charge on any atom is -0.376 e. The van der Waals surface area contributed by atoms with E-state index in [2.05, 4.69) is 29.3 Å². The van der Waals surface area contributed by atoms with E-state index in [0.29, 0.717) is 36.7 Å². The zero-order valence-corrected chi connectivity index (χ0v) is 16.7. The number of nitrogens with one attached hydrogen (secondary N) is 1. The summed E-state index contributed by atoms with van der Waals surface area (Å²) in [6, 6.07) is 10.3. The van der Waals surface area contributed by atoms with Gasteiger partial charge in [0.05, 0.1) is 13.2 Å². The number of hydrogen-bond donors (Lipinski definition) is 1. The molecule has 0 saturated carbocycles. The predicted octanol–water partition coefficient (Wildman–Crippen LogP) is 3.50. The van der Waals surface area contributed by atoms with Gasteiger partial charge in [-0.2, -0.15) is 0 Å². The van der Waals surface area contributed by atoms with Crippen molar-refractivity contribution in [1.82, 2.24) is 10.2 Å². The third-order valence-electron chi connectivity index (χ3n) is 5.74. The molecule has 26 heavy (non-hydrogen) atoms. The highest BCUT2D eigenvalue weighted by molar-refractivity contribution is 5.85. The second kappa shape index (κ2) is 10.9. The number of carbonyl (C=O) groups is 1. The lowest BCUT2D eigenvalue weighted by Crippen LogP contribution is -2.36. The van der Waals surface area contributed by atoms with E-state index >= 15 is 0 Å². The summed E-state index contributed by atoms with van der Waals surface area (Å²) in [4.78, 5) is 14.7. The van der Waals surface area contributed by atoms with Crippen LogP contribution in [0.5, 0.6) is 0 Å². The molecule has 0 aliphatic carbocycles. The molecule has 2 aliphatic rings. The Morgan fingerprint density at radius 3 is 2.85 bits per heavy atom. The van der Waals surface area contributed by atoms with Crippen LogP contribution in [0.3, 0.4) is 0 Å². The molecule has 1 amide bonds. The zero-order chi connectivity index (χ0) is 17.5. The van der Waals surface area contributed by atoms with Crippen LogP contribution in [0.25, 0.3) is 0 Å². The van der Waals surface area contributed by atoms with E-state index in [1.165, 1.54) is 18.4 Å². The molecule has 1 aromatic rings. The number of halogens is 1. The van der Waals surface area contributed by atoms with Crippen molar-refractivity contribution in [2.45, 2.75) is 39.2 Å². The lowest BCUT2D eigenvalue weighted by atomic mass is 9.85. The van der Waals surface area contributed by atoms with Gasteiger partial charge in [-0.1, -0.05) is 37.3 Å². The molecule has 1 aromatic carbocycles. The van der Waals surface area contributed by atoms with Crippen molar-refractivity contribution in [1.29, 1.82) is 0 Å². The Bertz CT molecular complexity index is 534. The first kappa shape index (κ1) is 21.2. The van der Waals surface area contributed by atoms with E-state index in [1.807, 2.05) is 18.2 Å². The molecule has 146 valence electrons. The Balaban J connectivity index is 0.00000243. The highest BCUT2D eigenvalue weighted by atomic mass is 35.5. The minimum absolute atomic E-state index is 0. The Hall–Kier alpha value is -1.10. The van der Waals surface area contributed by atoms with E-state index in [0.717, 1.165) is 39.2 Å². The van der Waals surface area contributed by atoms with Gasteiger partial charge in [-0.15, -0.1) is 12.4 Å². The van der Waals surface area contributed by atoms with Crippen molar-refractivity contribution in [3.05, 3.63) is 35.9 Å². The molecule has 3 rings (SSSR count). The van der Waals surface area contributed by atoms with Crippen molar-refractivity contribution in [2.24, 2.45) is 17.8 Å². The number of ether oxygens (including phenoxy) is 1. The van der Waals surface area contributed by atoms with Gasteiger partial charge in [0.15, 0.2) is 0 Å². The summed E-state index contributed by atoms with van der Waals surface area (Å²) in [5.41, 5.74) is 1.21. The lowest BCUT2D eigenvalue weighted by Gasteiger charge is -2.29. The first-order valence-electron chi connectivity index (χ1n) is 9.82. The molecule has 2 saturated heterocycles. The maximum atomic E-state index is 12.6. The van der Waals surface area contributed by atoms with Gasteiger partial charge in [0.2, 0.25) is 5.91 Å². The van der Waals surface area contributed by atoms with E-state index in [1.54, 1.807) is 0 Å². The summed E-state index contributed by atoms with van der Waals surface area (Å²) in [6.45, 7) is 7.62. The lowest BCUT2D eigenvalue weighted by molar-refractivity contribution is -0.131. The van der Waals surface area contributed by atoms with Gasteiger partial charge in [0, 0.05) is 25.4 Å². The van der Waals surface area contributed by atoms with E-state index in [9.17, 15) is 4.79 Å². The molecular weight excluding hydrogens is 348 g/mol. The number of carbonyl (C=O) groups excluding carboxylic acids is 1. The molecule has 3 atom stereocenters. The molecule has 0 radical (unpaired) electrons. The Morgan fingerprint density at radius 1 is 1.31 bits per heavy atom. The average molecular weight is 381 g/mol. The second-order valence-corrected chi connectivity index (χ2v) is 7.78. The maximum Gasteiger partial charge on any atom is 0.222 e. The molecule has 0 spiro atoms. The number of rotatable bonds is 7. The van der Waals surface area contributed by atoms with Crippen LogP contribution < -0.4 is 5.32 Å². The molecule has 0 aromatic heterocycles. The third kappa shape index (κ3) is 6.26. The van der Waals surface area contributed by atoms with Crippen molar-refractivity contribution >= 4 is 18.3 Å². The molecule has 2 heterocycles. The van der Waals surface area contributed by atoms with Crippen molar-refractivity contribution in [2.75, 3.05) is 32.8 Å². The van der Waals surface area contributed by atoms with Crippen molar-refractivity contribution in [3.63, 3.8) is 0 Å². The van der Waals surface area contributed by atoms with Gasteiger partial charge < -0.3 is 15.0 Å². The fourth-order valence-corrected chi connectivity index (χ4v) is 4.05. The molecule has 3 unspecified atom stereocenters. The molecule has 0 bridgehead atoms. The van der Waals surface area contributed by atoms with Crippen LogP contribution in [0.2, 0.25) is 0 Å². The number of hydrogen-bond acceptors (Lipinski definition) is 3. The Kier molecular flexibility index (Phi) is 8.89. The highest BCUT2D eigenvalue weighted by Crippen LogP contribution is 2.25. The summed E-state index contributed by atoms with van der Waals surface area (Å²) >= 11 is 0. The normalized spacial score (nSPS) is 24.1. The van der Waals surface area contributed by atoms with Gasteiger partial charge in [-0.05, 0) is 49.8 Å². The quantitative estimate of drug-likeness (QED) is 0.787. The molecule has 2 fully saturated rings. The summed E-state index contributed by atoms with van der Waals surface area (Å²) in [7, 11) is 0. The average Bonchev–Trinajstić information content (AvgIpc) is 3.12. The van der Waals surface area contributed by atoms with E-state index in [-0.39, 0.29) is 12.4 Å². The van der Waals surface area contributed by atoms with Gasteiger partial charge in [-0.25, -0.2) is 0 Å². The third-order valence-corrected chi connectivity index (χ3v) is 5.74. The first-order valence-corrected chi connectivity index (χ1v) is 9.82. The van der Waals surface area contributed by atoms with Crippen LogP contribution in [-0.4, -0.2) is 43.6 Å². The first-order chi connectivity index (χ1) is 12.2. The molecule has 2 aliphatic heterocycles. The predicted molar refractivity (Wildman–Crippen MR) is 107 cm³/mol. The standard InChI is InChI=1S/C21H32N2O2.ClH/c1-17(20-8-5-10-22-13-20)12-21(24)23-11-9-19(14-23)16-25-15-18-6-3-2-4-7-18;/h2-4,6-7,17,19-20,22H,5,8-16H2,1H3;1H. The fraction of sp³-hybridized carbons (Fsp3) is 0.667. The maximum absolute atomic E-state index is 12.6. The summed E-state index contributed by atoms with van der Waals surface area (Å²) < 4.78 is 5.86.